The van der Waals surface area contributed by atoms with Gasteiger partial charge in [-0.2, -0.15) is 0 Å². The number of anilines is 1. The van der Waals surface area contributed by atoms with E-state index in [0.717, 1.165) is 23.3 Å². The number of carbonyl (C=O) groups excluding carboxylic acids is 4. The molecule has 0 bridgehead atoms. The van der Waals surface area contributed by atoms with Crippen LogP contribution in [0, 0.1) is 5.41 Å². The van der Waals surface area contributed by atoms with Gasteiger partial charge in [-0.25, -0.2) is 4.79 Å². The summed E-state index contributed by atoms with van der Waals surface area (Å²) < 4.78 is 0. The maximum absolute atomic E-state index is 13.3. The predicted molar refractivity (Wildman–Crippen MR) is 152 cm³/mol. The predicted octanol–water partition coefficient (Wildman–Crippen LogP) is 4.01. The molecule has 0 spiro atoms. The lowest BCUT2D eigenvalue weighted by Crippen LogP contribution is -2.54. The number of amides is 5. The maximum atomic E-state index is 13.3. The van der Waals surface area contributed by atoms with Crippen molar-refractivity contribution in [1.82, 2.24) is 15.1 Å². The second-order valence-electron chi connectivity index (χ2n) is 12.2. The molecule has 3 aliphatic rings. The summed E-state index contributed by atoms with van der Waals surface area (Å²) in [7, 11) is 0. The molecule has 2 aromatic carbocycles. The van der Waals surface area contributed by atoms with Gasteiger partial charge in [0.2, 0.25) is 11.8 Å². The number of rotatable bonds is 6. The number of nitrogens with zero attached hydrogens (tertiary/aromatic N) is 2. The van der Waals surface area contributed by atoms with Crippen molar-refractivity contribution in [3.05, 3.63) is 64.7 Å². The number of imide groups is 2. The van der Waals surface area contributed by atoms with Crippen molar-refractivity contribution in [2.24, 2.45) is 5.41 Å². The molecule has 3 N–H and O–H groups in total. The SMILES string of the molecule is CC(C)(C)C1CC(c2ccc(CCNc3cccc4c3C(=O)N(C3CCC(=O)NC3=O)C4=O)cc2)CCN1C(=O)O. The van der Waals surface area contributed by atoms with Crippen LogP contribution in [0.1, 0.15) is 84.2 Å². The van der Waals surface area contributed by atoms with E-state index in [0.29, 0.717) is 31.1 Å². The number of hydrogen-bond acceptors (Lipinski definition) is 6. The van der Waals surface area contributed by atoms with Crippen LogP contribution in [-0.2, 0) is 16.0 Å². The van der Waals surface area contributed by atoms with Gasteiger partial charge in [-0.1, -0.05) is 51.1 Å². The van der Waals surface area contributed by atoms with Crippen LogP contribution in [0.15, 0.2) is 42.5 Å². The molecule has 3 aliphatic heterocycles. The molecule has 41 heavy (non-hydrogen) atoms. The Morgan fingerprint density at radius 2 is 1.76 bits per heavy atom. The summed E-state index contributed by atoms with van der Waals surface area (Å²) >= 11 is 0. The van der Waals surface area contributed by atoms with Gasteiger partial charge in [0, 0.05) is 31.2 Å². The molecule has 3 atom stereocenters. The number of carboxylic acid groups (broad SMARTS) is 1. The van der Waals surface area contributed by atoms with Crippen LogP contribution in [0.25, 0.3) is 0 Å². The molecule has 0 aliphatic carbocycles. The number of hydrogen-bond donors (Lipinski definition) is 3. The Hall–Kier alpha value is -4.21. The lowest BCUT2D eigenvalue weighted by atomic mass is 9.75. The molecular weight excluding hydrogens is 524 g/mol. The monoisotopic (exact) mass is 560 g/mol. The number of nitrogens with one attached hydrogen (secondary N) is 2. The van der Waals surface area contributed by atoms with E-state index in [1.807, 2.05) is 0 Å². The highest BCUT2D eigenvalue weighted by Gasteiger charge is 2.45. The maximum Gasteiger partial charge on any atom is 0.407 e. The molecule has 5 amide bonds. The van der Waals surface area contributed by atoms with E-state index in [4.69, 9.17) is 0 Å². The normalized spacial score (nSPS) is 23.0. The molecule has 10 nitrogen and oxygen atoms in total. The number of likely N-dealkylation sites (tertiary alicyclic amines) is 1. The van der Waals surface area contributed by atoms with E-state index in [9.17, 15) is 29.1 Å². The van der Waals surface area contributed by atoms with Crippen molar-refractivity contribution in [3.8, 4) is 0 Å². The summed E-state index contributed by atoms with van der Waals surface area (Å²) in [5, 5.41) is 15.2. The Kier molecular flexibility index (Phi) is 7.59. The summed E-state index contributed by atoms with van der Waals surface area (Å²) in [6, 6.07) is 12.4. The van der Waals surface area contributed by atoms with Gasteiger partial charge in [-0.05, 0) is 60.3 Å². The Morgan fingerprint density at radius 3 is 2.41 bits per heavy atom. The van der Waals surface area contributed by atoms with Crippen molar-refractivity contribution in [3.63, 3.8) is 0 Å². The second kappa shape index (κ2) is 11.0. The minimum absolute atomic E-state index is 0.0456. The highest BCUT2D eigenvalue weighted by Crippen LogP contribution is 2.39. The van der Waals surface area contributed by atoms with Gasteiger partial charge in [-0.3, -0.25) is 29.4 Å². The molecule has 216 valence electrons. The highest BCUT2D eigenvalue weighted by atomic mass is 16.4. The summed E-state index contributed by atoms with van der Waals surface area (Å²) in [5.74, 6) is -1.80. The fourth-order valence-corrected chi connectivity index (χ4v) is 6.28. The number of benzene rings is 2. The van der Waals surface area contributed by atoms with E-state index in [1.165, 1.54) is 5.56 Å². The summed E-state index contributed by atoms with van der Waals surface area (Å²) in [6.45, 7) is 7.31. The molecule has 3 heterocycles. The fraction of sp³-hybridized carbons (Fsp3) is 0.452. The van der Waals surface area contributed by atoms with Crippen LogP contribution in [0.4, 0.5) is 10.5 Å². The topological polar surface area (TPSA) is 136 Å². The van der Waals surface area contributed by atoms with E-state index < -0.39 is 35.8 Å². The van der Waals surface area contributed by atoms with Crippen LogP contribution in [0.5, 0.6) is 0 Å². The molecule has 0 saturated carbocycles. The van der Waals surface area contributed by atoms with Crippen LogP contribution >= 0.6 is 0 Å². The highest BCUT2D eigenvalue weighted by molar-refractivity contribution is 6.25. The van der Waals surface area contributed by atoms with Crippen molar-refractivity contribution in [1.29, 1.82) is 0 Å². The largest absolute Gasteiger partial charge is 0.465 e. The Labute approximate surface area is 239 Å². The third-order valence-corrected chi connectivity index (χ3v) is 8.50. The van der Waals surface area contributed by atoms with Gasteiger partial charge in [0.15, 0.2) is 0 Å². The number of fused-ring (bicyclic) bond motifs is 1. The van der Waals surface area contributed by atoms with E-state index in [2.05, 4.69) is 55.7 Å². The quantitative estimate of drug-likeness (QED) is 0.454. The first kappa shape index (κ1) is 28.3. The third kappa shape index (κ3) is 5.55. The standard InChI is InChI=1S/C31H36N4O6/c1-31(2,3)24-17-20(14-16-34(24)30(40)41)19-9-7-18(8-10-19)13-15-32-22-6-4-5-21-26(22)29(39)35(28(21)38)23-11-12-25(36)33-27(23)37/h4-10,20,23-24,32H,11-17H2,1-3H3,(H,40,41)(H,33,36,37). The minimum Gasteiger partial charge on any atom is -0.465 e. The number of carbonyl (C=O) groups is 5. The van der Waals surface area contributed by atoms with Gasteiger partial charge in [0.05, 0.1) is 11.1 Å². The minimum atomic E-state index is -0.999. The lowest BCUT2D eigenvalue weighted by molar-refractivity contribution is -0.136. The van der Waals surface area contributed by atoms with E-state index in [-0.39, 0.29) is 35.4 Å². The molecule has 5 rings (SSSR count). The average Bonchev–Trinajstić information content (AvgIpc) is 3.18. The molecule has 0 radical (unpaired) electrons. The zero-order valence-corrected chi connectivity index (χ0v) is 23.6. The number of piperidine rings is 2. The fourth-order valence-electron chi connectivity index (χ4n) is 6.28. The van der Waals surface area contributed by atoms with Crippen molar-refractivity contribution < 1.29 is 29.1 Å². The first-order chi connectivity index (χ1) is 19.5. The molecule has 2 aromatic rings. The second-order valence-corrected chi connectivity index (χ2v) is 12.2. The zero-order chi connectivity index (χ0) is 29.5. The van der Waals surface area contributed by atoms with Crippen LogP contribution in [-0.4, -0.2) is 69.8 Å². The summed E-state index contributed by atoms with van der Waals surface area (Å²) in [6.07, 6.45) is 1.60. The molecule has 3 unspecified atom stereocenters. The molecule has 10 heteroatoms. The lowest BCUT2D eigenvalue weighted by Gasteiger charge is -2.44. The van der Waals surface area contributed by atoms with Crippen molar-refractivity contribution >= 4 is 35.4 Å². The summed E-state index contributed by atoms with van der Waals surface area (Å²) in [4.78, 5) is 64.5. The smallest absolute Gasteiger partial charge is 0.407 e. The zero-order valence-electron chi connectivity index (χ0n) is 23.6. The molecule has 2 fully saturated rings. The molecular formula is C31H36N4O6. The van der Waals surface area contributed by atoms with Crippen molar-refractivity contribution in [2.75, 3.05) is 18.4 Å². The third-order valence-electron chi connectivity index (χ3n) is 8.50. The Balaban J connectivity index is 1.22. The van der Waals surface area contributed by atoms with Crippen LogP contribution < -0.4 is 10.6 Å². The van der Waals surface area contributed by atoms with Crippen LogP contribution in [0.3, 0.4) is 0 Å². The van der Waals surface area contributed by atoms with Gasteiger partial charge in [0.25, 0.3) is 11.8 Å². The van der Waals surface area contributed by atoms with Gasteiger partial charge < -0.3 is 15.3 Å². The first-order valence-electron chi connectivity index (χ1n) is 14.1. The summed E-state index contributed by atoms with van der Waals surface area (Å²) in [5.41, 5.74) is 3.20. The first-order valence-corrected chi connectivity index (χ1v) is 14.1. The van der Waals surface area contributed by atoms with Crippen LogP contribution in [0.2, 0.25) is 0 Å². The molecule has 2 saturated heterocycles. The Bertz CT molecular complexity index is 1400. The van der Waals surface area contributed by atoms with Gasteiger partial charge >= 0.3 is 6.09 Å². The average molecular weight is 561 g/mol. The van der Waals surface area contributed by atoms with Crippen molar-refractivity contribution in [2.45, 2.75) is 70.9 Å². The van der Waals surface area contributed by atoms with E-state index in [1.54, 1.807) is 23.1 Å². The van der Waals surface area contributed by atoms with E-state index >= 15 is 0 Å². The Morgan fingerprint density at radius 1 is 1.02 bits per heavy atom. The van der Waals surface area contributed by atoms with Gasteiger partial charge in [0.1, 0.15) is 6.04 Å². The van der Waals surface area contributed by atoms with Gasteiger partial charge in [-0.15, -0.1) is 0 Å². The molecule has 0 aromatic heterocycles.